The SMILES string of the molecule is Cc1cc(-c2ccc(F)cc2)cn1Cc1cc(Br)ccc1N.O=C=O. The molecule has 0 radical (unpaired) electrons. The van der Waals surface area contributed by atoms with Crippen LogP contribution in [0.2, 0.25) is 0 Å². The topological polar surface area (TPSA) is 65.1 Å². The zero-order valence-corrected chi connectivity index (χ0v) is 15.1. The van der Waals surface area contributed by atoms with Crippen LogP contribution in [0.5, 0.6) is 0 Å². The summed E-state index contributed by atoms with van der Waals surface area (Å²) in [5.41, 5.74) is 11.1. The van der Waals surface area contributed by atoms with E-state index in [2.05, 4.69) is 39.7 Å². The van der Waals surface area contributed by atoms with Gasteiger partial charge in [-0.3, -0.25) is 0 Å². The highest BCUT2D eigenvalue weighted by Gasteiger charge is 2.07. The fourth-order valence-corrected chi connectivity index (χ4v) is 2.89. The normalized spacial score (nSPS) is 9.88. The van der Waals surface area contributed by atoms with E-state index in [1.807, 2.05) is 18.2 Å². The molecule has 0 aliphatic rings. The minimum atomic E-state index is -0.221. The van der Waals surface area contributed by atoms with Crippen molar-refractivity contribution in [3.05, 3.63) is 76.3 Å². The first-order valence-electron chi connectivity index (χ1n) is 7.40. The number of rotatable bonds is 3. The number of nitrogens with zero attached hydrogens (tertiary/aromatic N) is 1. The monoisotopic (exact) mass is 402 g/mol. The minimum Gasteiger partial charge on any atom is -0.398 e. The molecule has 0 fully saturated rings. The summed E-state index contributed by atoms with van der Waals surface area (Å²) >= 11 is 3.48. The first kappa shape index (κ1) is 18.6. The lowest BCUT2D eigenvalue weighted by molar-refractivity contribution is -0.191. The standard InChI is InChI=1S/C18H16BrFN2.CO2/c1-12-8-14(13-2-5-17(20)6-3-13)10-22(12)11-15-9-16(19)4-7-18(15)21;2-1-3/h2-10H,11,21H2,1H3;. The number of nitrogens with two attached hydrogens (primary N) is 1. The van der Waals surface area contributed by atoms with Crippen LogP contribution in [0.3, 0.4) is 0 Å². The van der Waals surface area contributed by atoms with E-state index in [9.17, 15) is 4.39 Å². The van der Waals surface area contributed by atoms with Crippen molar-refractivity contribution in [2.75, 3.05) is 5.73 Å². The Morgan fingerprint density at radius 2 is 1.72 bits per heavy atom. The number of hydrogen-bond acceptors (Lipinski definition) is 3. The fourth-order valence-electron chi connectivity index (χ4n) is 2.48. The van der Waals surface area contributed by atoms with Gasteiger partial charge >= 0.3 is 6.15 Å². The molecule has 0 aliphatic heterocycles. The molecule has 3 rings (SSSR count). The molecule has 0 unspecified atom stereocenters. The van der Waals surface area contributed by atoms with Crippen LogP contribution in [-0.2, 0) is 16.1 Å². The Bertz CT molecular complexity index is 898. The molecule has 25 heavy (non-hydrogen) atoms. The Morgan fingerprint density at radius 1 is 1.08 bits per heavy atom. The molecular formula is C19H16BrFN2O2. The molecule has 0 saturated carbocycles. The summed E-state index contributed by atoms with van der Waals surface area (Å²) in [5, 5.41) is 0. The number of nitrogen functional groups attached to an aromatic ring is 1. The summed E-state index contributed by atoms with van der Waals surface area (Å²) in [4.78, 5) is 16.2. The van der Waals surface area contributed by atoms with E-state index in [0.29, 0.717) is 6.54 Å². The summed E-state index contributed by atoms with van der Waals surface area (Å²) in [6.45, 7) is 2.76. The molecule has 0 aliphatic carbocycles. The number of carbonyl (C=O) groups excluding carboxylic acids is 2. The second kappa shape index (κ2) is 8.42. The predicted octanol–water partition coefficient (Wildman–Crippen LogP) is 4.41. The molecule has 2 aromatic carbocycles. The van der Waals surface area contributed by atoms with E-state index in [1.54, 1.807) is 12.1 Å². The van der Waals surface area contributed by atoms with Crippen LogP contribution in [0.15, 0.2) is 59.2 Å². The second-order valence-corrected chi connectivity index (χ2v) is 6.35. The highest BCUT2D eigenvalue weighted by atomic mass is 79.9. The van der Waals surface area contributed by atoms with Crippen molar-refractivity contribution in [1.29, 1.82) is 0 Å². The van der Waals surface area contributed by atoms with E-state index in [4.69, 9.17) is 15.3 Å². The van der Waals surface area contributed by atoms with Crippen LogP contribution in [0.1, 0.15) is 11.3 Å². The van der Waals surface area contributed by atoms with E-state index < -0.39 is 0 Å². The molecule has 0 atom stereocenters. The van der Waals surface area contributed by atoms with Crippen LogP contribution in [0, 0.1) is 12.7 Å². The molecule has 4 nitrogen and oxygen atoms in total. The van der Waals surface area contributed by atoms with E-state index >= 15 is 0 Å². The Morgan fingerprint density at radius 3 is 2.36 bits per heavy atom. The van der Waals surface area contributed by atoms with Gasteiger partial charge in [-0.05, 0) is 60.0 Å². The summed E-state index contributed by atoms with van der Waals surface area (Å²) in [6.07, 6.45) is 2.32. The Labute approximate surface area is 153 Å². The van der Waals surface area contributed by atoms with Gasteiger partial charge in [0.1, 0.15) is 5.82 Å². The molecule has 128 valence electrons. The van der Waals surface area contributed by atoms with Gasteiger partial charge in [0.05, 0.1) is 0 Å². The molecule has 1 aromatic heterocycles. The van der Waals surface area contributed by atoms with Crippen molar-refractivity contribution in [3.8, 4) is 11.1 Å². The molecular weight excluding hydrogens is 387 g/mol. The Balaban J connectivity index is 0.000000701. The van der Waals surface area contributed by atoms with Crippen molar-refractivity contribution in [2.45, 2.75) is 13.5 Å². The van der Waals surface area contributed by atoms with Gasteiger partial charge in [-0.2, -0.15) is 9.59 Å². The second-order valence-electron chi connectivity index (χ2n) is 5.43. The van der Waals surface area contributed by atoms with Crippen molar-refractivity contribution < 1.29 is 14.0 Å². The van der Waals surface area contributed by atoms with Crippen LogP contribution < -0.4 is 5.73 Å². The average Bonchev–Trinajstić information content (AvgIpc) is 2.93. The number of anilines is 1. The summed E-state index contributed by atoms with van der Waals surface area (Å²) in [7, 11) is 0. The largest absolute Gasteiger partial charge is 0.398 e. The first-order chi connectivity index (χ1) is 11.9. The van der Waals surface area contributed by atoms with Gasteiger partial charge in [-0.15, -0.1) is 0 Å². The van der Waals surface area contributed by atoms with Crippen LogP contribution >= 0.6 is 15.9 Å². The van der Waals surface area contributed by atoms with E-state index in [-0.39, 0.29) is 12.0 Å². The van der Waals surface area contributed by atoms with Gasteiger partial charge in [-0.1, -0.05) is 28.1 Å². The highest BCUT2D eigenvalue weighted by Crippen LogP contribution is 2.25. The molecule has 6 heteroatoms. The van der Waals surface area contributed by atoms with Crippen molar-refractivity contribution in [1.82, 2.24) is 4.57 Å². The molecule has 0 saturated heterocycles. The third-order valence-corrected chi connectivity index (χ3v) is 4.23. The lowest BCUT2D eigenvalue weighted by Gasteiger charge is -2.09. The molecule has 1 heterocycles. The summed E-state index contributed by atoms with van der Waals surface area (Å²) in [6, 6.07) is 14.5. The highest BCUT2D eigenvalue weighted by molar-refractivity contribution is 9.10. The van der Waals surface area contributed by atoms with E-state index in [0.717, 1.165) is 32.5 Å². The third kappa shape index (κ3) is 4.89. The van der Waals surface area contributed by atoms with Crippen molar-refractivity contribution >= 4 is 27.8 Å². The zero-order valence-electron chi connectivity index (χ0n) is 13.5. The predicted molar refractivity (Wildman–Crippen MR) is 97.2 cm³/mol. The minimum absolute atomic E-state index is 0.221. The quantitative estimate of drug-likeness (QED) is 0.659. The molecule has 3 aromatic rings. The maximum absolute atomic E-state index is 13.0. The smallest absolute Gasteiger partial charge is 0.373 e. The maximum Gasteiger partial charge on any atom is 0.373 e. The number of aryl methyl sites for hydroxylation is 1. The van der Waals surface area contributed by atoms with Crippen LogP contribution in [0.4, 0.5) is 10.1 Å². The number of benzene rings is 2. The van der Waals surface area contributed by atoms with Crippen molar-refractivity contribution in [2.24, 2.45) is 0 Å². The Kier molecular flexibility index (Phi) is 6.28. The van der Waals surface area contributed by atoms with Gasteiger partial charge in [0.15, 0.2) is 0 Å². The summed E-state index contributed by atoms with van der Waals surface area (Å²) < 4.78 is 16.2. The third-order valence-electron chi connectivity index (χ3n) is 3.74. The van der Waals surface area contributed by atoms with Gasteiger partial charge < -0.3 is 10.3 Å². The van der Waals surface area contributed by atoms with Gasteiger partial charge in [0.2, 0.25) is 0 Å². The number of aromatic nitrogens is 1. The van der Waals surface area contributed by atoms with Gasteiger partial charge in [0.25, 0.3) is 0 Å². The fraction of sp³-hybridized carbons (Fsp3) is 0.105. The van der Waals surface area contributed by atoms with Crippen LogP contribution in [0.25, 0.3) is 11.1 Å². The lowest BCUT2D eigenvalue weighted by Crippen LogP contribution is -2.03. The Hall–Kier alpha value is -2.69. The number of halogens is 2. The van der Waals surface area contributed by atoms with Crippen LogP contribution in [-0.4, -0.2) is 10.7 Å². The summed E-state index contributed by atoms with van der Waals surface area (Å²) in [5.74, 6) is -0.221. The average molecular weight is 403 g/mol. The lowest BCUT2D eigenvalue weighted by atomic mass is 10.1. The van der Waals surface area contributed by atoms with Gasteiger partial charge in [-0.25, -0.2) is 4.39 Å². The molecule has 0 spiro atoms. The van der Waals surface area contributed by atoms with Gasteiger partial charge in [0, 0.05) is 28.6 Å². The molecule has 2 N–H and O–H groups in total. The van der Waals surface area contributed by atoms with Crippen molar-refractivity contribution in [3.63, 3.8) is 0 Å². The maximum atomic E-state index is 13.0. The van der Waals surface area contributed by atoms with E-state index in [1.165, 1.54) is 12.1 Å². The zero-order chi connectivity index (χ0) is 18.4. The first-order valence-corrected chi connectivity index (χ1v) is 8.19. The number of hydrogen-bond donors (Lipinski definition) is 1. The molecule has 0 amide bonds. The molecule has 0 bridgehead atoms.